The number of unbranched alkanes of at least 4 members (excludes halogenated alkanes) is 15. The van der Waals surface area contributed by atoms with Crippen LogP contribution in [-0.4, -0.2) is 54.6 Å². The lowest BCUT2D eigenvalue weighted by Gasteiger charge is -2.39. The minimum Gasteiger partial charge on any atom is -0.324 e. The molecule has 33 heavy (non-hydrogen) atoms. The molecule has 1 heterocycles. The van der Waals surface area contributed by atoms with E-state index in [1.807, 2.05) is 0 Å². The van der Waals surface area contributed by atoms with E-state index in [4.69, 9.17) is 20.6 Å². The van der Waals surface area contributed by atoms with Crippen molar-refractivity contribution in [1.29, 1.82) is 0 Å². The SMILES string of the molecule is CCCCCCCCCCCCCCCCCCOP(=O)(O)OCC[N+]1(C)CCC(Cl)CC1. The van der Waals surface area contributed by atoms with Gasteiger partial charge in [-0.15, -0.1) is 11.6 Å². The summed E-state index contributed by atoms with van der Waals surface area (Å²) in [5, 5.41) is 0.268. The topological polar surface area (TPSA) is 55.8 Å². The second kappa shape index (κ2) is 19.5. The number of hydrogen-bond acceptors (Lipinski definition) is 3. The molecule has 7 heteroatoms. The van der Waals surface area contributed by atoms with Gasteiger partial charge in [0.15, 0.2) is 0 Å². The third kappa shape index (κ3) is 18.3. The summed E-state index contributed by atoms with van der Waals surface area (Å²) >= 11 is 6.17. The van der Waals surface area contributed by atoms with Gasteiger partial charge in [-0.05, 0) is 6.42 Å². The Morgan fingerprint density at radius 2 is 1.15 bits per heavy atom. The number of rotatable bonds is 22. The molecule has 0 aliphatic carbocycles. The van der Waals surface area contributed by atoms with E-state index in [-0.39, 0.29) is 12.0 Å². The number of phosphoric acid groups is 1. The van der Waals surface area contributed by atoms with Crippen molar-refractivity contribution in [2.75, 3.05) is 39.9 Å². The van der Waals surface area contributed by atoms with Gasteiger partial charge >= 0.3 is 7.82 Å². The lowest BCUT2D eigenvalue weighted by atomic mass is 10.0. The van der Waals surface area contributed by atoms with Gasteiger partial charge in [-0.1, -0.05) is 103 Å². The highest BCUT2D eigenvalue weighted by Gasteiger charge is 2.30. The Kier molecular flexibility index (Phi) is 18.6. The van der Waals surface area contributed by atoms with Crippen molar-refractivity contribution in [1.82, 2.24) is 0 Å². The molecule has 1 aliphatic rings. The van der Waals surface area contributed by atoms with E-state index in [0.717, 1.165) is 49.8 Å². The number of hydrogen-bond donors (Lipinski definition) is 1. The summed E-state index contributed by atoms with van der Waals surface area (Å²) in [6.07, 6.45) is 22.9. The zero-order valence-corrected chi connectivity index (χ0v) is 23.4. The van der Waals surface area contributed by atoms with E-state index in [1.165, 1.54) is 89.9 Å². The summed E-state index contributed by atoms with van der Waals surface area (Å²) in [7, 11) is -1.77. The van der Waals surface area contributed by atoms with Crippen molar-refractivity contribution in [2.24, 2.45) is 0 Å². The Balaban J connectivity index is 1.84. The van der Waals surface area contributed by atoms with Crippen LogP contribution in [0.5, 0.6) is 0 Å². The van der Waals surface area contributed by atoms with Gasteiger partial charge in [0, 0.05) is 18.2 Å². The minimum absolute atomic E-state index is 0.246. The molecule has 1 unspecified atom stereocenters. The molecule has 0 aromatic carbocycles. The van der Waals surface area contributed by atoms with Gasteiger partial charge in [0.2, 0.25) is 0 Å². The van der Waals surface area contributed by atoms with Crippen LogP contribution in [0.1, 0.15) is 122 Å². The Morgan fingerprint density at radius 3 is 1.61 bits per heavy atom. The van der Waals surface area contributed by atoms with Crippen LogP contribution >= 0.6 is 19.4 Å². The van der Waals surface area contributed by atoms with E-state index < -0.39 is 7.82 Å². The fourth-order valence-electron chi connectivity index (χ4n) is 4.63. The summed E-state index contributed by atoms with van der Waals surface area (Å²) in [5.41, 5.74) is 0. The highest BCUT2D eigenvalue weighted by molar-refractivity contribution is 7.47. The minimum atomic E-state index is -3.93. The molecule has 0 aromatic rings. The molecule has 0 saturated carbocycles. The average Bonchev–Trinajstić information content (AvgIpc) is 2.78. The number of likely N-dealkylation sites (tertiary alicyclic amines) is 1. The maximum Gasteiger partial charge on any atom is 0.472 e. The predicted molar refractivity (Wildman–Crippen MR) is 141 cm³/mol. The standard InChI is InChI=1S/C26H53ClNO4P/c1-3-4-5-6-7-8-9-10-11-12-13-14-15-16-17-18-24-31-33(29,30)32-25-23-28(2)21-19-26(27)20-22-28/h26H,3-25H2,1-2H3/p+1. The summed E-state index contributed by atoms with van der Waals surface area (Å²) in [5.74, 6) is 0. The first-order valence-electron chi connectivity index (χ1n) is 14.0. The van der Waals surface area contributed by atoms with Gasteiger partial charge in [0.1, 0.15) is 13.2 Å². The number of halogens is 1. The lowest BCUT2D eigenvalue weighted by molar-refractivity contribution is -0.913. The average molecular weight is 511 g/mol. The first-order chi connectivity index (χ1) is 15.9. The van der Waals surface area contributed by atoms with Crippen LogP contribution in [0.15, 0.2) is 0 Å². The first kappa shape index (κ1) is 31.4. The molecule has 0 bridgehead atoms. The molecular formula is C26H54ClNO4P+. The summed E-state index contributed by atoms with van der Waals surface area (Å²) in [6.45, 7) is 5.52. The quantitative estimate of drug-likeness (QED) is 0.0689. The highest BCUT2D eigenvalue weighted by Crippen LogP contribution is 2.43. The van der Waals surface area contributed by atoms with Crippen LogP contribution in [0.2, 0.25) is 0 Å². The first-order valence-corrected chi connectivity index (χ1v) is 15.9. The van der Waals surface area contributed by atoms with Crippen molar-refractivity contribution in [2.45, 2.75) is 128 Å². The zero-order chi connectivity index (χ0) is 24.3. The molecule has 1 saturated heterocycles. The number of quaternary nitrogens is 1. The Bertz CT molecular complexity index is 501. The fourth-order valence-corrected chi connectivity index (χ4v) is 5.57. The predicted octanol–water partition coefficient (Wildman–Crippen LogP) is 8.23. The van der Waals surface area contributed by atoms with Crippen molar-refractivity contribution >= 4 is 19.4 Å². The van der Waals surface area contributed by atoms with Crippen LogP contribution in [-0.2, 0) is 13.6 Å². The monoisotopic (exact) mass is 510 g/mol. The molecule has 0 radical (unpaired) electrons. The Hall–Kier alpha value is 0.360. The number of likely N-dealkylation sites (N-methyl/N-ethyl adjacent to an activating group) is 1. The third-order valence-electron chi connectivity index (χ3n) is 7.10. The smallest absolute Gasteiger partial charge is 0.324 e. The number of piperidine rings is 1. The van der Waals surface area contributed by atoms with Crippen molar-refractivity contribution in [3.8, 4) is 0 Å². The van der Waals surface area contributed by atoms with Crippen molar-refractivity contribution in [3.63, 3.8) is 0 Å². The second-order valence-electron chi connectivity index (χ2n) is 10.4. The van der Waals surface area contributed by atoms with Crippen LogP contribution in [0.3, 0.4) is 0 Å². The number of alkyl halides is 1. The summed E-state index contributed by atoms with van der Waals surface area (Å²) in [4.78, 5) is 9.88. The molecule has 1 N–H and O–H groups in total. The van der Waals surface area contributed by atoms with E-state index in [2.05, 4.69) is 14.0 Å². The molecular weight excluding hydrogens is 457 g/mol. The molecule has 0 aromatic heterocycles. The maximum atomic E-state index is 12.1. The van der Waals surface area contributed by atoms with E-state index >= 15 is 0 Å². The second-order valence-corrected chi connectivity index (χ2v) is 12.5. The fraction of sp³-hybridized carbons (Fsp3) is 1.00. The molecule has 0 spiro atoms. The molecule has 5 nitrogen and oxygen atoms in total. The largest absolute Gasteiger partial charge is 0.472 e. The number of phosphoric ester groups is 1. The molecule has 1 aliphatic heterocycles. The third-order valence-corrected chi connectivity index (χ3v) is 8.56. The van der Waals surface area contributed by atoms with Gasteiger partial charge in [-0.2, -0.15) is 0 Å². The molecule has 1 rings (SSSR count). The van der Waals surface area contributed by atoms with Gasteiger partial charge in [0.05, 0.1) is 26.7 Å². The van der Waals surface area contributed by atoms with Crippen LogP contribution < -0.4 is 0 Å². The van der Waals surface area contributed by atoms with Crippen molar-refractivity contribution < 1.29 is 23.0 Å². The van der Waals surface area contributed by atoms with E-state index in [1.54, 1.807) is 0 Å². The highest BCUT2D eigenvalue weighted by atomic mass is 35.5. The molecule has 1 atom stereocenters. The summed E-state index contributed by atoms with van der Waals surface area (Å²) < 4.78 is 23.2. The van der Waals surface area contributed by atoms with Crippen LogP contribution in [0, 0.1) is 0 Å². The Morgan fingerprint density at radius 1 is 0.758 bits per heavy atom. The Labute approximate surface area is 210 Å². The van der Waals surface area contributed by atoms with Gasteiger partial charge in [-0.3, -0.25) is 9.05 Å². The van der Waals surface area contributed by atoms with Gasteiger partial charge in [0.25, 0.3) is 0 Å². The van der Waals surface area contributed by atoms with Crippen LogP contribution in [0.25, 0.3) is 0 Å². The van der Waals surface area contributed by atoms with E-state index in [0.29, 0.717) is 6.61 Å². The lowest BCUT2D eigenvalue weighted by Crippen LogP contribution is -2.51. The van der Waals surface area contributed by atoms with Gasteiger partial charge in [-0.25, -0.2) is 4.57 Å². The molecule has 198 valence electrons. The number of nitrogens with zero attached hydrogens (tertiary/aromatic N) is 1. The summed E-state index contributed by atoms with van der Waals surface area (Å²) in [6, 6.07) is 0. The van der Waals surface area contributed by atoms with Crippen molar-refractivity contribution in [3.05, 3.63) is 0 Å². The maximum absolute atomic E-state index is 12.1. The van der Waals surface area contributed by atoms with E-state index in [9.17, 15) is 9.46 Å². The zero-order valence-electron chi connectivity index (χ0n) is 21.8. The normalized spacial score (nSPS) is 23.0. The molecule has 0 amide bonds. The molecule has 1 fully saturated rings. The van der Waals surface area contributed by atoms with Gasteiger partial charge < -0.3 is 9.38 Å². The van der Waals surface area contributed by atoms with Crippen LogP contribution in [0.4, 0.5) is 0 Å².